The van der Waals surface area contributed by atoms with Crippen molar-refractivity contribution >= 4 is 0 Å². The van der Waals surface area contributed by atoms with E-state index < -0.39 is 5.60 Å². The van der Waals surface area contributed by atoms with Gasteiger partial charge >= 0.3 is 0 Å². The highest BCUT2D eigenvalue weighted by molar-refractivity contribution is 4.70. The van der Waals surface area contributed by atoms with Gasteiger partial charge in [0.2, 0.25) is 0 Å². The van der Waals surface area contributed by atoms with Crippen molar-refractivity contribution in [2.75, 3.05) is 19.7 Å². The SMILES string of the molecule is CCC(CCO)CNCC(C)(C)O. The zero-order valence-corrected chi connectivity index (χ0v) is 9.01. The van der Waals surface area contributed by atoms with Gasteiger partial charge in [0.05, 0.1) is 5.60 Å². The molecule has 0 saturated heterocycles. The molecule has 13 heavy (non-hydrogen) atoms. The molecule has 3 N–H and O–H groups in total. The number of rotatable bonds is 7. The molecule has 3 heteroatoms. The topological polar surface area (TPSA) is 52.5 Å². The molecule has 0 aliphatic rings. The minimum Gasteiger partial charge on any atom is -0.396 e. The van der Waals surface area contributed by atoms with Crippen LogP contribution in [0.15, 0.2) is 0 Å². The van der Waals surface area contributed by atoms with Crippen molar-refractivity contribution in [3.8, 4) is 0 Å². The van der Waals surface area contributed by atoms with E-state index in [1.165, 1.54) is 0 Å². The van der Waals surface area contributed by atoms with Gasteiger partial charge in [0.15, 0.2) is 0 Å². The molecule has 0 rings (SSSR count). The van der Waals surface area contributed by atoms with Crippen LogP contribution in [-0.4, -0.2) is 35.5 Å². The van der Waals surface area contributed by atoms with Gasteiger partial charge in [0, 0.05) is 13.2 Å². The second-order valence-corrected chi connectivity index (χ2v) is 4.23. The van der Waals surface area contributed by atoms with Crippen molar-refractivity contribution in [2.45, 2.75) is 39.2 Å². The molecule has 0 aliphatic heterocycles. The molecule has 0 bridgehead atoms. The van der Waals surface area contributed by atoms with Gasteiger partial charge in [-0.3, -0.25) is 0 Å². The first-order valence-electron chi connectivity index (χ1n) is 5.03. The molecule has 0 amide bonds. The van der Waals surface area contributed by atoms with E-state index in [4.69, 9.17) is 5.11 Å². The lowest BCUT2D eigenvalue weighted by atomic mass is 10.0. The molecule has 0 aromatic rings. The zero-order chi connectivity index (χ0) is 10.3. The molecule has 0 heterocycles. The van der Waals surface area contributed by atoms with Gasteiger partial charge in [0.25, 0.3) is 0 Å². The Kier molecular flexibility index (Phi) is 6.29. The lowest BCUT2D eigenvalue weighted by molar-refractivity contribution is 0.0782. The van der Waals surface area contributed by atoms with Crippen LogP contribution in [0, 0.1) is 5.92 Å². The third-order valence-corrected chi connectivity index (χ3v) is 2.11. The largest absolute Gasteiger partial charge is 0.396 e. The highest BCUT2D eigenvalue weighted by Gasteiger charge is 2.12. The first-order valence-corrected chi connectivity index (χ1v) is 5.03. The summed E-state index contributed by atoms with van der Waals surface area (Å²) < 4.78 is 0. The van der Waals surface area contributed by atoms with E-state index in [0.29, 0.717) is 12.5 Å². The van der Waals surface area contributed by atoms with Gasteiger partial charge in [-0.2, -0.15) is 0 Å². The Bertz CT molecular complexity index is 121. The van der Waals surface area contributed by atoms with Gasteiger partial charge in [-0.05, 0) is 32.7 Å². The number of hydrogen-bond donors (Lipinski definition) is 3. The average Bonchev–Trinajstić information content (AvgIpc) is 2.01. The normalized spacial score (nSPS) is 14.5. The van der Waals surface area contributed by atoms with E-state index in [1.54, 1.807) is 13.8 Å². The Morgan fingerprint density at radius 2 is 2.00 bits per heavy atom. The highest BCUT2D eigenvalue weighted by atomic mass is 16.3. The molecule has 0 saturated carbocycles. The first kappa shape index (κ1) is 12.9. The highest BCUT2D eigenvalue weighted by Crippen LogP contribution is 2.06. The standard InChI is InChI=1S/C10H23NO2/c1-4-9(5-6-12)7-11-8-10(2,3)13/h9,11-13H,4-8H2,1-3H3. The van der Waals surface area contributed by atoms with Crippen molar-refractivity contribution in [1.29, 1.82) is 0 Å². The van der Waals surface area contributed by atoms with E-state index in [1.807, 2.05) is 0 Å². The molecule has 0 aromatic heterocycles. The summed E-state index contributed by atoms with van der Waals surface area (Å²) in [5, 5.41) is 21.4. The maximum absolute atomic E-state index is 9.42. The van der Waals surface area contributed by atoms with Crippen molar-refractivity contribution in [3.05, 3.63) is 0 Å². The fraction of sp³-hybridized carbons (Fsp3) is 1.00. The average molecular weight is 189 g/mol. The minimum absolute atomic E-state index is 0.253. The van der Waals surface area contributed by atoms with Gasteiger partial charge in [-0.1, -0.05) is 13.3 Å². The summed E-state index contributed by atoms with van der Waals surface area (Å²) in [5.74, 6) is 0.521. The number of nitrogens with one attached hydrogen (secondary N) is 1. The lowest BCUT2D eigenvalue weighted by Crippen LogP contribution is -2.37. The number of aliphatic hydroxyl groups is 2. The summed E-state index contributed by atoms with van der Waals surface area (Å²) in [6, 6.07) is 0. The maximum atomic E-state index is 9.42. The quantitative estimate of drug-likeness (QED) is 0.554. The summed E-state index contributed by atoms with van der Waals surface area (Å²) in [6.07, 6.45) is 1.91. The van der Waals surface area contributed by atoms with Crippen LogP contribution in [0.3, 0.4) is 0 Å². The van der Waals surface area contributed by atoms with E-state index >= 15 is 0 Å². The number of hydrogen-bond acceptors (Lipinski definition) is 3. The third kappa shape index (κ3) is 8.22. The second-order valence-electron chi connectivity index (χ2n) is 4.23. The van der Waals surface area contributed by atoms with Crippen LogP contribution in [0.1, 0.15) is 33.6 Å². The third-order valence-electron chi connectivity index (χ3n) is 2.11. The fourth-order valence-corrected chi connectivity index (χ4v) is 1.22. The van der Waals surface area contributed by atoms with E-state index in [2.05, 4.69) is 12.2 Å². The minimum atomic E-state index is -0.641. The summed E-state index contributed by atoms with van der Waals surface area (Å²) in [7, 11) is 0. The molecule has 0 aliphatic carbocycles. The van der Waals surface area contributed by atoms with Crippen LogP contribution in [-0.2, 0) is 0 Å². The molecular weight excluding hydrogens is 166 g/mol. The van der Waals surface area contributed by atoms with Gasteiger partial charge < -0.3 is 15.5 Å². The number of aliphatic hydroxyl groups excluding tert-OH is 1. The van der Waals surface area contributed by atoms with Gasteiger partial charge in [0.1, 0.15) is 0 Å². The van der Waals surface area contributed by atoms with Crippen LogP contribution in [0.25, 0.3) is 0 Å². The van der Waals surface area contributed by atoms with Crippen molar-refractivity contribution in [3.63, 3.8) is 0 Å². The molecule has 3 nitrogen and oxygen atoms in total. The smallest absolute Gasteiger partial charge is 0.0715 e. The predicted octanol–water partition coefficient (Wildman–Crippen LogP) is 0.755. The molecule has 80 valence electrons. The van der Waals surface area contributed by atoms with Crippen molar-refractivity contribution in [2.24, 2.45) is 5.92 Å². The fourth-order valence-electron chi connectivity index (χ4n) is 1.22. The maximum Gasteiger partial charge on any atom is 0.0715 e. The van der Waals surface area contributed by atoms with Crippen molar-refractivity contribution < 1.29 is 10.2 Å². The molecule has 1 unspecified atom stereocenters. The van der Waals surface area contributed by atoms with Gasteiger partial charge in [-0.25, -0.2) is 0 Å². The van der Waals surface area contributed by atoms with Gasteiger partial charge in [-0.15, -0.1) is 0 Å². The molecule has 0 spiro atoms. The van der Waals surface area contributed by atoms with E-state index in [9.17, 15) is 5.11 Å². The van der Waals surface area contributed by atoms with Crippen LogP contribution in [0.4, 0.5) is 0 Å². The van der Waals surface area contributed by atoms with Crippen molar-refractivity contribution in [1.82, 2.24) is 5.32 Å². The van der Waals surface area contributed by atoms with Crippen LogP contribution >= 0.6 is 0 Å². The molecule has 0 aromatic carbocycles. The Morgan fingerprint density at radius 1 is 1.38 bits per heavy atom. The Hall–Kier alpha value is -0.120. The summed E-state index contributed by atoms with van der Waals surface area (Å²) in [5.41, 5.74) is -0.641. The van der Waals surface area contributed by atoms with Crippen LogP contribution in [0.2, 0.25) is 0 Å². The zero-order valence-electron chi connectivity index (χ0n) is 9.01. The lowest BCUT2D eigenvalue weighted by Gasteiger charge is -2.20. The first-order chi connectivity index (χ1) is 5.99. The molecule has 1 atom stereocenters. The summed E-state index contributed by atoms with van der Waals surface area (Å²) >= 11 is 0. The Balaban J connectivity index is 3.49. The second kappa shape index (κ2) is 6.35. The van der Waals surface area contributed by atoms with Crippen LogP contribution < -0.4 is 5.32 Å². The molecule has 0 radical (unpaired) electrons. The molecule has 0 fully saturated rings. The monoisotopic (exact) mass is 189 g/mol. The Labute approximate surface area is 81.2 Å². The summed E-state index contributed by atoms with van der Waals surface area (Å²) in [4.78, 5) is 0. The van der Waals surface area contributed by atoms with E-state index in [-0.39, 0.29) is 6.61 Å². The van der Waals surface area contributed by atoms with Crippen LogP contribution in [0.5, 0.6) is 0 Å². The Morgan fingerprint density at radius 3 is 2.38 bits per heavy atom. The molecular formula is C10H23NO2. The van der Waals surface area contributed by atoms with E-state index in [0.717, 1.165) is 19.4 Å². The summed E-state index contributed by atoms with van der Waals surface area (Å²) in [6.45, 7) is 7.42. The predicted molar refractivity (Wildman–Crippen MR) is 54.7 cm³/mol.